The first-order valence-electron chi connectivity index (χ1n) is 6.98. The molecule has 4 nitrogen and oxygen atoms in total. The second-order valence-corrected chi connectivity index (χ2v) is 6.30. The van der Waals surface area contributed by atoms with Gasteiger partial charge >= 0.3 is 0 Å². The summed E-state index contributed by atoms with van der Waals surface area (Å²) < 4.78 is 0.919. The maximum absolute atomic E-state index is 12.4. The molecule has 0 aliphatic rings. The Labute approximate surface area is 137 Å². The lowest BCUT2D eigenvalue weighted by Gasteiger charge is -2.04. The predicted octanol–water partition coefficient (Wildman–Crippen LogP) is 4.50. The van der Waals surface area contributed by atoms with Crippen molar-refractivity contribution in [2.75, 3.05) is 5.32 Å². The monoisotopic (exact) mass is 357 g/mol. The average molecular weight is 358 g/mol. The maximum atomic E-state index is 12.4. The molecule has 3 aromatic rings. The van der Waals surface area contributed by atoms with Crippen molar-refractivity contribution < 1.29 is 4.79 Å². The number of H-pyrrole nitrogens is 1. The van der Waals surface area contributed by atoms with Gasteiger partial charge in [0.25, 0.3) is 5.91 Å². The van der Waals surface area contributed by atoms with Crippen molar-refractivity contribution in [2.45, 2.75) is 20.8 Å². The van der Waals surface area contributed by atoms with Gasteiger partial charge in [-0.3, -0.25) is 4.79 Å². The van der Waals surface area contributed by atoms with E-state index in [-0.39, 0.29) is 5.91 Å². The molecule has 5 heteroatoms. The molecule has 1 aromatic carbocycles. The smallest absolute Gasteiger partial charge is 0.273 e. The fourth-order valence-corrected chi connectivity index (χ4v) is 2.74. The third kappa shape index (κ3) is 2.76. The summed E-state index contributed by atoms with van der Waals surface area (Å²) in [5.74, 6) is 0.347. The molecule has 0 unspecified atom stereocenters. The number of rotatable bonds is 2. The molecule has 2 N–H and O–H groups in total. The van der Waals surface area contributed by atoms with Crippen LogP contribution in [0.3, 0.4) is 0 Å². The van der Waals surface area contributed by atoms with Crippen LogP contribution in [0.5, 0.6) is 0 Å². The van der Waals surface area contributed by atoms with E-state index >= 15 is 0 Å². The second kappa shape index (κ2) is 5.57. The van der Waals surface area contributed by atoms with Gasteiger partial charge in [0.2, 0.25) is 0 Å². The van der Waals surface area contributed by atoms with Gasteiger partial charge in [0.1, 0.15) is 11.5 Å². The number of halogens is 1. The standard InChI is InChI=1S/C17H16BrN3O/c1-9-6-10(2)12-8-15(20-14(12)7-9)17(22)21-16-5-4-13(18)11(3)19-16/h4-8,20H,1-3H3,(H,19,21,22). The number of aromatic amines is 1. The van der Waals surface area contributed by atoms with E-state index in [0.717, 1.165) is 26.6 Å². The highest BCUT2D eigenvalue weighted by Crippen LogP contribution is 2.22. The first-order chi connectivity index (χ1) is 10.4. The van der Waals surface area contributed by atoms with Crippen LogP contribution in [-0.2, 0) is 0 Å². The number of hydrogen-bond donors (Lipinski definition) is 2. The Morgan fingerprint density at radius 2 is 1.95 bits per heavy atom. The molecule has 2 heterocycles. The number of carbonyl (C=O) groups excluding carboxylic acids is 1. The third-order valence-corrected chi connectivity index (χ3v) is 4.43. The van der Waals surface area contributed by atoms with Gasteiger partial charge in [-0.15, -0.1) is 0 Å². The van der Waals surface area contributed by atoms with Gasteiger partial charge in [0.05, 0.1) is 5.69 Å². The Hall–Kier alpha value is -2.14. The number of hydrogen-bond acceptors (Lipinski definition) is 2. The number of aryl methyl sites for hydroxylation is 3. The summed E-state index contributed by atoms with van der Waals surface area (Å²) in [5.41, 5.74) is 4.67. The van der Waals surface area contributed by atoms with Crippen molar-refractivity contribution in [3.63, 3.8) is 0 Å². The van der Waals surface area contributed by atoms with Gasteiger partial charge in [0.15, 0.2) is 0 Å². The van der Waals surface area contributed by atoms with E-state index in [2.05, 4.69) is 37.3 Å². The van der Waals surface area contributed by atoms with Gasteiger partial charge in [-0.2, -0.15) is 0 Å². The van der Waals surface area contributed by atoms with Crippen molar-refractivity contribution in [3.05, 3.63) is 57.3 Å². The Kier molecular flexibility index (Phi) is 3.74. The molecule has 0 atom stereocenters. The van der Waals surface area contributed by atoms with E-state index in [9.17, 15) is 4.79 Å². The number of fused-ring (bicyclic) bond motifs is 1. The third-order valence-electron chi connectivity index (χ3n) is 3.60. The van der Waals surface area contributed by atoms with Gasteiger partial charge in [-0.25, -0.2) is 4.98 Å². The Morgan fingerprint density at radius 1 is 1.18 bits per heavy atom. The van der Waals surface area contributed by atoms with E-state index < -0.39 is 0 Å². The summed E-state index contributed by atoms with van der Waals surface area (Å²) in [6.07, 6.45) is 0. The molecule has 2 aromatic heterocycles. The number of carbonyl (C=O) groups is 1. The summed E-state index contributed by atoms with van der Waals surface area (Å²) >= 11 is 3.40. The zero-order valence-corrected chi connectivity index (χ0v) is 14.2. The summed E-state index contributed by atoms with van der Waals surface area (Å²) in [6.45, 7) is 5.97. The molecule has 0 aliphatic heterocycles. The van der Waals surface area contributed by atoms with Crippen LogP contribution in [0.1, 0.15) is 27.3 Å². The summed E-state index contributed by atoms with van der Waals surface area (Å²) in [5, 5.41) is 3.88. The van der Waals surface area contributed by atoms with Crippen LogP contribution in [0, 0.1) is 20.8 Å². The molecular weight excluding hydrogens is 342 g/mol. The molecule has 3 rings (SSSR count). The van der Waals surface area contributed by atoms with Crippen LogP contribution in [0.2, 0.25) is 0 Å². The van der Waals surface area contributed by atoms with Crippen LogP contribution in [-0.4, -0.2) is 15.9 Å². The van der Waals surface area contributed by atoms with E-state index in [0.29, 0.717) is 11.5 Å². The summed E-state index contributed by atoms with van der Waals surface area (Å²) in [6, 6.07) is 9.67. The zero-order chi connectivity index (χ0) is 15.9. The molecule has 22 heavy (non-hydrogen) atoms. The number of nitrogens with zero attached hydrogens (tertiary/aromatic N) is 1. The molecule has 0 saturated heterocycles. The lowest BCUT2D eigenvalue weighted by Crippen LogP contribution is -2.13. The van der Waals surface area contributed by atoms with E-state index in [1.54, 1.807) is 6.07 Å². The number of nitrogens with one attached hydrogen (secondary N) is 2. The first-order valence-corrected chi connectivity index (χ1v) is 7.78. The number of benzene rings is 1. The van der Waals surface area contributed by atoms with Crippen molar-refractivity contribution in [2.24, 2.45) is 0 Å². The average Bonchev–Trinajstić information content (AvgIpc) is 2.87. The Morgan fingerprint density at radius 3 is 2.68 bits per heavy atom. The fraction of sp³-hybridized carbons (Fsp3) is 0.176. The molecule has 0 spiro atoms. The summed E-state index contributed by atoms with van der Waals surface area (Å²) in [4.78, 5) is 19.9. The van der Waals surface area contributed by atoms with E-state index in [4.69, 9.17) is 0 Å². The fourth-order valence-electron chi connectivity index (χ4n) is 2.52. The van der Waals surface area contributed by atoms with Crippen molar-refractivity contribution in [1.82, 2.24) is 9.97 Å². The van der Waals surface area contributed by atoms with E-state index in [1.165, 1.54) is 5.56 Å². The molecule has 0 saturated carbocycles. The van der Waals surface area contributed by atoms with Crippen LogP contribution >= 0.6 is 15.9 Å². The zero-order valence-electron chi connectivity index (χ0n) is 12.6. The molecule has 1 amide bonds. The van der Waals surface area contributed by atoms with E-state index in [1.807, 2.05) is 39.0 Å². The van der Waals surface area contributed by atoms with Gasteiger partial charge < -0.3 is 10.3 Å². The second-order valence-electron chi connectivity index (χ2n) is 5.44. The first kappa shape index (κ1) is 14.8. The number of amides is 1. The Balaban J connectivity index is 1.91. The number of pyridine rings is 1. The minimum Gasteiger partial charge on any atom is -0.351 e. The maximum Gasteiger partial charge on any atom is 0.273 e. The van der Waals surface area contributed by atoms with Crippen molar-refractivity contribution >= 4 is 38.6 Å². The molecule has 0 fully saturated rings. The predicted molar refractivity (Wildman–Crippen MR) is 92.4 cm³/mol. The lowest BCUT2D eigenvalue weighted by molar-refractivity contribution is 0.102. The topological polar surface area (TPSA) is 57.8 Å². The quantitative estimate of drug-likeness (QED) is 0.709. The highest BCUT2D eigenvalue weighted by Gasteiger charge is 2.12. The molecule has 0 bridgehead atoms. The lowest BCUT2D eigenvalue weighted by atomic mass is 10.1. The molecule has 0 aliphatic carbocycles. The van der Waals surface area contributed by atoms with Crippen LogP contribution in [0.25, 0.3) is 10.9 Å². The van der Waals surface area contributed by atoms with Crippen molar-refractivity contribution in [3.8, 4) is 0 Å². The highest BCUT2D eigenvalue weighted by atomic mass is 79.9. The molecule has 112 valence electrons. The Bertz CT molecular complexity index is 883. The van der Waals surface area contributed by atoms with Crippen LogP contribution in [0.4, 0.5) is 5.82 Å². The van der Waals surface area contributed by atoms with Gasteiger partial charge in [0, 0.05) is 15.4 Å². The van der Waals surface area contributed by atoms with Crippen molar-refractivity contribution in [1.29, 1.82) is 0 Å². The van der Waals surface area contributed by atoms with Gasteiger partial charge in [-0.05, 0) is 72.1 Å². The SMILES string of the molecule is Cc1cc(C)c2cc(C(=O)Nc3ccc(Br)c(C)n3)[nH]c2c1. The minimum atomic E-state index is -0.192. The normalized spacial score (nSPS) is 10.9. The minimum absolute atomic E-state index is 0.192. The number of anilines is 1. The van der Waals surface area contributed by atoms with Crippen LogP contribution in [0.15, 0.2) is 34.8 Å². The summed E-state index contributed by atoms with van der Waals surface area (Å²) in [7, 11) is 0. The van der Waals surface area contributed by atoms with Gasteiger partial charge in [-0.1, -0.05) is 6.07 Å². The number of aromatic nitrogens is 2. The van der Waals surface area contributed by atoms with Crippen LogP contribution < -0.4 is 5.32 Å². The highest BCUT2D eigenvalue weighted by molar-refractivity contribution is 9.10. The largest absolute Gasteiger partial charge is 0.351 e. The molecule has 0 radical (unpaired) electrons. The molecular formula is C17H16BrN3O.